The predicted octanol–water partition coefficient (Wildman–Crippen LogP) is 2.90. The third-order valence-corrected chi connectivity index (χ3v) is 3.79. The summed E-state index contributed by atoms with van der Waals surface area (Å²) in [6.07, 6.45) is 0. The molecule has 0 spiro atoms. The molecule has 6 heteroatoms. The van der Waals surface area contributed by atoms with E-state index >= 15 is 0 Å². The fourth-order valence-corrected chi connectivity index (χ4v) is 2.66. The summed E-state index contributed by atoms with van der Waals surface area (Å²) in [5, 5.41) is 14.2. The van der Waals surface area contributed by atoms with Crippen molar-refractivity contribution in [3.63, 3.8) is 0 Å². The van der Waals surface area contributed by atoms with Gasteiger partial charge in [0.15, 0.2) is 11.7 Å². The number of anilines is 1. The lowest BCUT2D eigenvalue weighted by Crippen LogP contribution is -2.11. The normalized spacial score (nSPS) is 11.5. The fourth-order valence-electron chi connectivity index (χ4n) is 1.82. The van der Waals surface area contributed by atoms with Gasteiger partial charge in [-0.3, -0.25) is 9.59 Å². The Morgan fingerprint density at radius 3 is 2.48 bits per heavy atom. The minimum atomic E-state index is -0.893. The molecular weight excluding hydrogens is 286 g/mol. The average molecular weight is 299 g/mol. The highest BCUT2D eigenvalue weighted by Crippen LogP contribution is 2.24. The minimum Gasteiger partial charge on any atom is -0.326 e. The molecular formula is C15H13N3O2S. The van der Waals surface area contributed by atoms with Crippen molar-refractivity contribution in [1.82, 2.24) is 4.98 Å². The summed E-state index contributed by atoms with van der Waals surface area (Å²) in [6.45, 7) is 3.23. The van der Waals surface area contributed by atoms with Crippen LogP contribution in [-0.4, -0.2) is 16.7 Å². The topological polar surface area (TPSA) is 82.9 Å². The zero-order valence-electron chi connectivity index (χ0n) is 11.6. The van der Waals surface area contributed by atoms with Crippen LogP contribution in [-0.2, 0) is 4.79 Å². The lowest BCUT2D eigenvalue weighted by atomic mass is 9.99. The first-order chi connectivity index (χ1) is 10.0. The van der Waals surface area contributed by atoms with Crippen LogP contribution in [0.1, 0.15) is 33.9 Å². The second kappa shape index (κ2) is 6.29. The number of benzene rings is 1. The zero-order valence-corrected chi connectivity index (χ0v) is 12.4. The molecule has 1 amide bonds. The third-order valence-electron chi connectivity index (χ3n) is 2.76. The van der Waals surface area contributed by atoms with Crippen molar-refractivity contribution in [2.45, 2.75) is 19.8 Å². The summed E-state index contributed by atoms with van der Waals surface area (Å²) in [7, 11) is 0. The number of nitriles is 1. The number of nitrogens with one attached hydrogen (secondary N) is 1. The van der Waals surface area contributed by atoms with Gasteiger partial charge in [-0.1, -0.05) is 0 Å². The Balaban J connectivity index is 2.22. The van der Waals surface area contributed by atoms with E-state index in [1.165, 1.54) is 18.3 Å². The second-order valence-corrected chi connectivity index (χ2v) is 5.40. The number of carbonyl (C=O) groups is 2. The van der Waals surface area contributed by atoms with Crippen molar-refractivity contribution < 1.29 is 9.59 Å². The minimum absolute atomic E-state index is 0.178. The first kappa shape index (κ1) is 14.9. The fraction of sp³-hybridized carbons (Fsp3) is 0.200. The van der Waals surface area contributed by atoms with E-state index in [1.807, 2.05) is 18.4 Å². The first-order valence-corrected chi connectivity index (χ1v) is 7.12. The predicted molar refractivity (Wildman–Crippen MR) is 80.3 cm³/mol. The van der Waals surface area contributed by atoms with Gasteiger partial charge < -0.3 is 5.32 Å². The average Bonchev–Trinajstić information content (AvgIpc) is 2.86. The molecule has 0 bridgehead atoms. The standard InChI is InChI=1S/C15H13N3O2S/c1-9-8-21-15(17-9)13(7-16)14(20)11-3-5-12(6-4-11)18-10(2)19/h3-6,8,13H,1-2H3,(H,18,19). The van der Waals surface area contributed by atoms with Gasteiger partial charge in [0.25, 0.3) is 0 Å². The van der Waals surface area contributed by atoms with E-state index in [-0.39, 0.29) is 11.7 Å². The number of rotatable bonds is 4. The van der Waals surface area contributed by atoms with E-state index in [0.717, 1.165) is 5.69 Å². The van der Waals surface area contributed by atoms with Gasteiger partial charge in [-0.25, -0.2) is 4.98 Å². The molecule has 2 rings (SSSR count). The van der Waals surface area contributed by atoms with Gasteiger partial charge in [-0.15, -0.1) is 11.3 Å². The van der Waals surface area contributed by atoms with Crippen LogP contribution in [0.25, 0.3) is 0 Å². The molecule has 0 aliphatic rings. The van der Waals surface area contributed by atoms with Gasteiger partial charge in [0, 0.05) is 29.2 Å². The van der Waals surface area contributed by atoms with Crippen LogP contribution in [0.4, 0.5) is 5.69 Å². The molecule has 5 nitrogen and oxygen atoms in total. The van der Waals surface area contributed by atoms with Crippen LogP contribution in [0, 0.1) is 18.3 Å². The number of ketones is 1. The van der Waals surface area contributed by atoms with Crippen LogP contribution in [0.5, 0.6) is 0 Å². The molecule has 1 unspecified atom stereocenters. The maximum Gasteiger partial charge on any atom is 0.221 e. The summed E-state index contributed by atoms with van der Waals surface area (Å²) < 4.78 is 0. The Hall–Kier alpha value is -2.52. The van der Waals surface area contributed by atoms with Crippen LogP contribution in [0.2, 0.25) is 0 Å². The number of thiazole rings is 1. The number of carbonyl (C=O) groups excluding carboxylic acids is 2. The van der Waals surface area contributed by atoms with E-state index < -0.39 is 5.92 Å². The Kier molecular flexibility index (Phi) is 4.45. The van der Waals surface area contributed by atoms with Crippen LogP contribution >= 0.6 is 11.3 Å². The summed E-state index contributed by atoms with van der Waals surface area (Å²) in [4.78, 5) is 27.5. The highest BCUT2D eigenvalue weighted by Gasteiger charge is 2.24. The molecule has 0 radical (unpaired) electrons. The molecule has 1 atom stereocenters. The van der Waals surface area contributed by atoms with Gasteiger partial charge in [-0.05, 0) is 31.2 Å². The van der Waals surface area contributed by atoms with E-state index in [9.17, 15) is 14.9 Å². The molecule has 0 aliphatic carbocycles. The quantitative estimate of drug-likeness (QED) is 0.880. The Morgan fingerprint density at radius 2 is 2.00 bits per heavy atom. The Morgan fingerprint density at radius 1 is 1.33 bits per heavy atom. The number of hydrogen-bond donors (Lipinski definition) is 1. The van der Waals surface area contributed by atoms with Crippen molar-refractivity contribution in [2.24, 2.45) is 0 Å². The van der Waals surface area contributed by atoms with Gasteiger partial charge in [0.05, 0.1) is 6.07 Å². The van der Waals surface area contributed by atoms with Gasteiger partial charge in [-0.2, -0.15) is 5.26 Å². The van der Waals surface area contributed by atoms with Gasteiger partial charge >= 0.3 is 0 Å². The summed E-state index contributed by atoms with van der Waals surface area (Å²) >= 11 is 1.31. The first-order valence-electron chi connectivity index (χ1n) is 6.24. The van der Waals surface area contributed by atoms with Crippen molar-refractivity contribution in [1.29, 1.82) is 5.26 Å². The largest absolute Gasteiger partial charge is 0.326 e. The summed E-state index contributed by atoms with van der Waals surface area (Å²) in [5.74, 6) is -1.36. The van der Waals surface area contributed by atoms with Crippen molar-refractivity contribution >= 4 is 28.7 Å². The number of amides is 1. The summed E-state index contributed by atoms with van der Waals surface area (Å²) in [6, 6.07) is 8.47. The smallest absolute Gasteiger partial charge is 0.221 e. The van der Waals surface area contributed by atoms with Gasteiger partial charge in [0.2, 0.25) is 5.91 Å². The summed E-state index contributed by atoms with van der Waals surface area (Å²) in [5.41, 5.74) is 1.82. The Labute approximate surface area is 126 Å². The van der Waals surface area contributed by atoms with E-state index in [2.05, 4.69) is 10.3 Å². The maximum absolute atomic E-state index is 12.4. The number of nitrogens with zero attached hydrogens (tertiary/aromatic N) is 2. The molecule has 21 heavy (non-hydrogen) atoms. The lowest BCUT2D eigenvalue weighted by Gasteiger charge is -2.07. The molecule has 0 saturated carbocycles. The van der Waals surface area contributed by atoms with Crippen molar-refractivity contribution in [2.75, 3.05) is 5.32 Å². The second-order valence-electron chi connectivity index (χ2n) is 4.51. The van der Waals surface area contributed by atoms with Crippen molar-refractivity contribution in [3.05, 3.63) is 45.9 Å². The van der Waals surface area contributed by atoms with Crippen LogP contribution in [0.3, 0.4) is 0 Å². The number of Topliss-reactive ketones (excluding diaryl/α,β-unsaturated/α-hetero) is 1. The van der Waals surface area contributed by atoms with Crippen molar-refractivity contribution in [3.8, 4) is 6.07 Å². The number of aromatic nitrogens is 1. The van der Waals surface area contributed by atoms with Crippen LogP contribution in [0.15, 0.2) is 29.6 Å². The highest BCUT2D eigenvalue weighted by atomic mass is 32.1. The molecule has 106 valence electrons. The number of aryl methyl sites for hydroxylation is 1. The van der Waals surface area contributed by atoms with E-state index in [1.54, 1.807) is 24.3 Å². The maximum atomic E-state index is 12.4. The molecule has 1 heterocycles. The molecule has 0 fully saturated rings. The zero-order chi connectivity index (χ0) is 15.4. The SMILES string of the molecule is CC(=O)Nc1ccc(C(=O)C(C#N)c2nc(C)cs2)cc1. The van der Waals surface area contributed by atoms with Gasteiger partial charge in [0.1, 0.15) is 5.01 Å². The lowest BCUT2D eigenvalue weighted by molar-refractivity contribution is -0.114. The number of hydrogen-bond acceptors (Lipinski definition) is 5. The Bertz CT molecular complexity index is 713. The molecule has 1 aromatic heterocycles. The molecule has 2 aromatic rings. The molecule has 0 aliphatic heterocycles. The molecule has 1 N–H and O–H groups in total. The van der Waals surface area contributed by atoms with E-state index in [4.69, 9.17) is 0 Å². The monoisotopic (exact) mass is 299 g/mol. The molecule has 1 aromatic carbocycles. The van der Waals surface area contributed by atoms with Crippen LogP contribution < -0.4 is 5.32 Å². The van der Waals surface area contributed by atoms with E-state index in [0.29, 0.717) is 16.3 Å². The highest BCUT2D eigenvalue weighted by molar-refractivity contribution is 7.10. The third kappa shape index (κ3) is 3.52. The molecule has 0 saturated heterocycles.